The number of rotatable bonds is 3. The zero-order valence-corrected chi connectivity index (χ0v) is 13.5. The van der Waals surface area contributed by atoms with Gasteiger partial charge in [0.25, 0.3) is 0 Å². The lowest BCUT2D eigenvalue weighted by Crippen LogP contribution is -2.00. The number of halogens is 2. The van der Waals surface area contributed by atoms with Gasteiger partial charge in [-0.3, -0.25) is 0 Å². The van der Waals surface area contributed by atoms with Crippen LogP contribution in [0.15, 0.2) is 36.4 Å². The van der Waals surface area contributed by atoms with Crippen LogP contribution in [-0.4, -0.2) is 7.11 Å². The van der Waals surface area contributed by atoms with Crippen molar-refractivity contribution in [3.63, 3.8) is 0 Å². The molecule has 1 nitrogen and oxygen atoms in total. The van der Waals surface area contributed by atoms with Crippen LogP contribution in [0.5, 0.6) is 5.75 Å². The van der Waals surface area contributed by atoms with E-state index in [4.69, 9.17) is 16.3 Å². The second-order valence-corrected chi connectivity index (χ2v) is 5.89. The third kappa shape index (κ3) is 2.96. The van der Waals surface area contributed by atoms with Crippen LogP contribution < -0.4 is 4.74 Å². The van der Waals surface area contributed by atoms with Gasteiger partial charge in [0.15, 0.2) is 0 Å². The van der Waals surface area contributed by atoms with Crippen molar-refractivity contribution in [3.8, 4) is 5.75 Å². The van der Waals surface area contributed by atoms with E-state index in [2.05, 4.69) is 48.0 Å². The van der Waals surface area contributed by atoms with Crippen LogP contribution in [-0.2, 0) is 0 Å². The minimum atomic E-state index is 0.0704. The number of methoxy groups -OCH3 is 1. The Morgan fingerprint density at radius 2 is 1.84 bits per heavy atom. The Morgan fingerprint density at radius 3 is 2.53 bits per heavy atom. The lowest BCUT2D eigenvalue weighted by Gasteiger charge is -2.18. The molecule has 0 spiro atoms. The van der Waals surface area contributed by atoms with Gasteiger partial charge in [0.1, 0.15) is 5.75 Å². The molecule has 3 heteroatoms. The number of ether oxygens (including phenoxy) is 1. The summed E-state index contributed by atoms with van der Waals surface area (Å²) in [5.74, 6) is 0.840. The Balaban J connectivity index is 2.52. The van der Waals surface area contributed by atoms with E-state index in [9.17, 15) is 0 Å². The van der Waals surface area contributed by atoms with Gasteiger partial charge >= 0.3 is 0 Å². The molecule has 0 heterocycles. The van der Waals surface area contributed by atoms with Gasteiger partial charge in [0.05, 0.1) is 11.9 Å². The highest BCUT2D eigenvalue weighted by Crippen LogP contribution is 2.39. The van der Waals surface area contributed by atoms with E-state index >= 15 is 0 Å². The molecule has 0 aliphatic carbocycles. The van der Waals surface area contributed by atoms with Crippen LogP contribution >= 0.6 is 27.5 Å². The fourth-order valence-electron chi connectivity index (χ4n) is 2.12. The summed E-state index contributed by atoms with van der Waals surface area (Å²) in [6, 6.07) is 12.0. The van der Waals surface area contributed by atoms with Crippen LogP contribution in [0.2, 0.25) is 5.02 Å². The van der Waals surface area contributed by atoms with E-state index in [1.165, 1.54) is 16.7 Å². The highest BCUT2D eigenvalue weighted by molar-refractivity contribution is 9.09. The number of aryl methyl sites for hydroxylation is 1. The Morgan fingerprint density at radius 1 is 1.11 bits per heavy atom. The first-order chi connectivity index (χ1) is 9.04. The smallest absolute Gasteiger partial charge is 0.123 e. The number of hydrogen-bond acceptors (Lipinski definition) is 1. The summed E-state index contributed by atoms with van der Waals surface area (Å²) in [4.78, 5) is 0.0704. The first-order valence-corrected chi connectivity index (χ1v) is 7.37. The lowest BCUT2D eigenvalue weighted by molar-refractivity contribution is 0.410. The van der Waals surface area contributed by atoms with Crippen molar-refractivity contribution in [2.75, 3.05) is 7.11 Å². The van der Waals surface area contributed by atoms with Crippen molar-refractivity contribution in [2.24, 2.45) is 0 Å². The van der Waals surface area contributed by atoms with Crippen molar-refractivity contribution in [1.82, 2.24) is 0 Å². The molecule has 0 radical (unpaired) electrons. The number of hydrogen-bond donors (Lipinski definition) is 0. The largest absolute Gasteiger partial charge is 0.496 e. The summed E-state index contributed by atoms with van der Waals surface area (Å²) in [5, 5.41) is 0.713. The quantitative estimate of drug-likeness (QED) is 0.676. The predicted molar refractivity (Wildman–Crippen MR) is 84.7 cm³/mol. The molecule has 0 N–H and O–H groups in total. The topological polar surface area (TPSA) is 9.23 Å². The summed E-state index contributed by atoms with van der Waals surface area (Å²) in [7, 11) is 1.68. The van der Waals surface area contributed by atoms with Gasteiger partial charge < -0.3 is 4.74 Å². The van der Waals surface area contributed by atoms with Gasteiger partial charge in [-0.05, 0) is 48.7 Å². The third-order valence-corrected chi connectivity index (χ3v) is 4.61. The number of benzene rings is 2. The molecule has 2 aromatic rings. The summed E-state index contributed by atoms with van der Waals surface area (Å²) < 4.78 is 5.42. The standard InChI is InChI=1S/C16H16BrClO/c1-10-5-4-6-13(11(10)2)16(17)14-9-12(18)7-8-15(14)19-3/h4-9,16H,1-3H3. The summed E-state index contributed by atoms with van der Waals surface area (Å²) in [6.45, 7) is 4.25. The summed E-state index contributed by atoms with van der Waals surface area (Å²) in [5.41, 5.74) is 4.85. The van der Waals surface area contributed by atoms with Crippen LogP contribution in [0.25, 0.3) is 0 Å². The average molecular weight is 340 g/mol. The summed E-state index contributed by atoms with van der Waals surface area (Å²) >= 11 is 9.87. The first-order valence-electron chi connectivity index (χ1n) is 6.08. The Hall–Kier alpha value is -0.990. The minimum Gasteiger partial charge on any atom is -0.496 e. The maximum Gasteiger partial charge on any atom is 0.123 e. The minimum absolute atomic E-state index is 0.0704. The molecule has 0 saturated carbocycles. The van der Waals surface area contributed by atoms with E-state index in [0.717, 1.165) is 11.3 Å². The normalized spacial score (nSPS) is 12.3. The molecule has 19 heavy (non-hydrogen) atoms. The fraction of sp³-hybridized carbons (Fsp3) is 0.250. The molecule has 0 aliphatic heterocycles. The molecule has 2 rings (SSSR count). The third-order valence-electron chi connectivity index (χ3n) is 3.38. The zero-order chi connectivity index (χ0) is 14.0. The van der Waals surface area contributed by atoms with Crippen molar-refractivity contribution < 1.29 is 4.74 Å². The second-order valence-electron chi connectivity index (χ2n) is 4.54. The highest BCUT2D eigenvalue weighted by Gasteiger charge is 2.18. The molecule has 0 aromatic heterocycles. The predicted octanol–water partition coefficient (Wildman–Crippen LogP) is 5.45. The van der Waals surface area contributed by atoms with E-state index in [1.807, 2.05) is 18.2 Å². The number of alkyl halides is 1. The van der Waals surface area contributed by atoms with Gasteiger partial charge in [-0.25, -0.2) is 0 Å². The van der Waals surface area contributed by atoms with Crippen molar-refractivity contribution in [2.45, 2.75) is 18.7 Å². The van der Waals surface area contributed by atoms with Crippen LogP contribution in [0.4, 0.5) is 0 Å². The Labute approximate surface area is 127 Å². The monoisotopic (exact) mass is 338 g/mol. The van der Waals surface area contributed by atoms with Crippen molar-refractivity contribution in [1.29, 1.82) is 0 Å². The van der Waals surface area contributed by atoms with Crippen LogP contribution in [0.1, 0.15) is 27.1 Å². The van der Waals surface area contributed by atoms with Crippen LogP contribution in [0, 0.1) is 13.8 Å². The second kappa shape index (κ2) is 5.98. The van der Waals surface area contributed by atoms with Gasteiger partial charge in [-0.2, -0.15) is 0 Å². The Kier molecular flexibility index (Phi) is 4.54. The van der Waals surface area contributed by atoms with Gasteiger partial charge in [0.2, 0.25) is 0 Å². The molecule has 0 fully saturated rings. The van der Waals surface area contributed by atoms with E-state index < -0.39 is 0 Å². The molecule has 1 atom stereocenters. The van der Waals surface area contributed by atoms with Crippen LogP contribution in [0.3, 0.4) is 0 Å². The first kappa shape index (κ1) is 14.4. The van der Waals surface area contributed by atoms with Gasteiger partial charge in [-0.15, -0.1) is 0 Å². The highest BCUT2D eigenvalue weighted by atomic mass is 79.9. The molecule has 0 saturated heterocycles. The molecule has 100 valence electrons. The molecule has 1 unspecified atom stereocenters. The molecule has 0 aliphatic rings. The van der Waals surface area contributed by atoms with E-state index in [1.54, 1.807) is 7.11 Å². The molecular weight excluding hydrogens is 324 g/mol. The maximum atomic E-state index is 6.10. The summed E-state index contributed by atoms with van der Waals surface area (Å²) in [6.07, 6.45) is 0. The zero-order valence-electron chi connectivity index (χ0n) is 11.2. The average Bonchev–Trinajstić information content (AvgIpc) is 2.41. The Bertz CT molecular complexity index is 595. The van der Waals surface area contributed by atoms with Crippen molar-refractivity contribution in [3.05, 3.63) is 63.7 Å². The molecule has 0 bridgehead atoms. The fourth-order valence-corrected chi connectivity index (χ4v) is 3.15. The van der Waals surface area contributed by atoms with E-state index in [-0.39, 0.29) is 4.83 Å². The van der Waals surface area contributed by atoms with Gasteiger partial charge in [-0.1, -0.05) is 45.7 Å². The van der Waals surface area contributed by atoms with Crippen molar-refractivity contribution >= 4 is 27.5 Å². The molecule has 0 amide bonds. The SMILES string of the molecule is COc1ccc(Cl)cc1C(Br)c1cccc(C)c1C. The molecule has 2 aromatic carbocycles. The van der Waals surface area contributed by atoms with E-state index in [0.29, 0.717) is 5.02 Å². The molecular formula is C16H16BrClO. The maximum absolute atomic E-state index is 6.10. The lowest BCUT2D eigenvalue weighted by atomic mass is 9.97. The van der Waals surface area contributed by atoms with Gasteiger partial charge in [0, 0.05) is 10.6 Å².